The third kappa shape index (κ3) is 5.06. The van der Waals surface area contributed by atoms with Crippen LogP contribution in [0.5, 0.6) is 0 Å². The standard InChI is InChI=1S/C19H23ClN2O3S/c1-13-16(20)6-5-7-17(13)22-18(23)12-21-26(24,25)15-10-8-14(9-11-15)19(2,3)4/h5-11,21H,12H2,1-4H3,(H,22,23). The number of hydrogen-bond acceptors (Lipinski definition) is 3. The molecule has 1 amide bonds. The lowest BCUT2D eigenvalue weighted by Crippen LogP contribution is -2.33. The van der Waals surface area contributed by atoms with Crippen molar-refractivity contribution in [2.45, 2.75) is 38.0 Å². The Hall–Kier alpha value is -1.89. The Balaban J connectivity index is 2.03. The number of sulfonamides is 1. The van der Waals surface area contributed by atoms with Gasteiger partial charge in [0.1, 0.15) is 0 Å². The van der Waals surface area contributed by atoms with Crippen LogP contribution in [0.15, 0.2) is 47.4 Å². The normalized spacial score (nSPS) is 12.0. The highest BCUT2D eigenvalue weighted by molar-refractivity contribution is 7.89. The molecule has 2 N–H and O–H groups in total. The van der Waals surface area contributed by atoms with Gasteiger partial charge in [-0.05, 0) is 47.7 Å². The number of anilines is 1. The van der Waals surface area contributed by atoms with Crippen LogP contribution >= 0.6 is 11.6 Å². The van der Waals surface area contributed by atoms with E-state index in [4.69, 9.17) is 11.6 Å². The van der Waals surface area contributed by atoms with E-state index in [-0.39, 0.29) is 16.9 Å². The number of carbonyl (C=O) groups is 1. The number of carbonyl (C=O) groups excluding carboxylic acids is 1. The third-order valence-electron chi connectivity index (χ3n) is 4.00. The topological polar surface area (TPSA) is 75.3 Å². The van der Waals surface area contributed by atoms with Gasteiger partial charge in [-0.3, -0.25) is 4.79 Å². The molecular formula is C19H23ClN2O3S. The van der Waals surface area contributed by atoms with Crippen molar-refractivity contribution in [2.75, 3.05) is 11.9 Å². The van der Waals surface area contributed by atoms with Gasteiger partial charge in [-0.25, -0.2) is 13.1 Å². The zero-order valence-electron chi connectivity index (χ0n) is 15.3. The molecule has 2 rings (SSSR count). The molecule has 2 aromatic carbocycles. The summed E-state index contributed by atoms with van der Waals surface area (Å²) in [6.45, 7) is 7.57. The highest BCUT2D eigenvalue weighted by atomic mass is 35.5. The van der Waals surface area contributed by atoms with Gasteiger partial charge in [0.15, 0.2) is 0 Å². The van der Waals surface area contributed by atoms with Crippen LogP contribution < -0.4 is 10.0 Å². The van der Waals surface area contributed by atoms with E-state index in [0.29, 0.717) is 10.7 Å². The molecule has 140 valence electrons. The molecule has 0 unspecified atom stereocenters. The van der Waals surface area contributed by atoms with Crippen LogP contribution in [0.25, 0.3) is 0 Å². The summed E-state index contributed by atoms with van der Waals surface area (Å²) in [5.41, 5.74) is 2.25. The fourth-order valence-electron chi connectivity index (χ4n) is 2.32. The summed E-state index contributed by atoms with van der Waals surface area (Å²) in [4.78, 5) is 12.2. The summed E-state index contributed by atoms with van der Waals surface area (Å²) in [7, 11) is -3.77. The molecule has 7 heteroatoms. The van der Waals surface area contributed by atoms with Crippen molar-refractivity contribution in [2.24, 2.45) is 0 Å². The van der Waals surface area contributed by atoms with E-state index >= 15 is 0 Å². The van der Waals surface area contributed by atoms with E-state index in [1.807, 2.05) is 0 Å². The van der Waals surface area contributed by atoms with E-state index in [2.05, 4.69) is 30.8 Å². The van der Waals surface area contributed by atoms with Crippen LogP contribution in [0.2, 0.25) is 5.02 Å². The fraction of sp³-hybridized carbons (Fsp3) is 0.316. The first-order chi connectivity index (χ1) is 12.0. The molecule has 0 saturated carbocycles. The van der Waals surface area contributed by atoms with Crippen molar-refractivity contribution < 1.29 is 13.2 Å². The molecule has 0 aliphatic rings. The van der Waals surface area contributed by atoms with Crippen LogP contribution in [0.4, 0.5) is 5.69 Å². The van der Waals surface area contributed by atoms with Gasteiger partial charge in [0.05, 0.1) is 11.4 Å². The lowest BCUT2D eigenvalue weighted by atomic mass is 9.87. The summed E-state index contributed by atoms with van der Waals surface area (Å²) in [5, 5.41) is 3.18. The molecule has 5 nitrogen and oxygen atoms in total. The lowest BCUT2D eigenvalue weighted by molar-refractivity contribution is -0.115. The zero-order chi connectivity index (χ0) is 19.5. The van der Waals surface area contributed by atoms with E-state index in [0.717, 1.165) is 11.1 Å². The van der Waals surface area contributed by atoms with Gasteiger partial charge in [-0.1, -0.05) is 50.6 Å². The molecule has 0 radical (unpaired) electrons. The lowest BCUT2D eigenvalue weighted by Gasteiger charge is -2.19. The van der Waals surface area contributed by atoms with E-state index in [1.54, 1.807) is 49.4 Å². The molecule has 0 bridgehead atoms. The summed E-state index contributed by atoms with van der Waals surface area (Å²) >= 11 is 6.01. The molecular weight excluding hydrogens is 372 g/mol. The van der Waals surface area contributed by atoms with Gasteiger partial charge >= 0.3 is 0 Å². The Morgan fingerprint density at radius 1 is 1.08 bits per heavy atom. The number of benzene rings is 2. The second-order valence-corrected chi connectivity index (χ2v) is 9.23. The van der Waals surface area contributed by atoms with Crippen LogP contribution in [0.1, 0.15) is 31.9 Å². The monoisotopic (exact) mass is 394 g/mol. The number of nitrogens with one attached hydrogen (secondary N) is 2. The van der Waals surface area contributed by atoms with E-state index in [1.165, 1.54) is 0 Å². The average molecular weight is 395 g/mol. The van der Waals surface area contributed by atoms with Crippen molar-refractivity contribution >= 4 is 33.2 Å². The molecule has 0 spiro atoms. The molecule has 0 atom stereocenters. The minimum atomic E-state index is -3.77. The van der Waals surface area contributed by atoms with Crippen molar-refractivity contribution in [3.63, 3.8) is 0 Å². The smallest absolute Gasteiger partial charge is 0.241 e. The number of halogens is 1. The average Bonchev–Trinajstić information content (AvgIpc) is 2.57. The largest absolute Gasteiger partial charge is 0.325 e. The summed E-state index contributed by atoms with van der Waals surface area (Å²) in [5.74, 6) is -0.467. The van der Waals surface area contributed by atoms with Crippen molar-refractivity contribution in [3.8, 4) is 0 Å². The van der Waals surface area contributed by atoms with Crippen LogP contribution in [0, 0.1) is 6.92 Å². The number of hydrogen-bond donors (Lipinski definition) is 2. The molecule has 0 heterocycles. The van der Waals surface area contributed by atoms with Crippen LogP contribution in [0.3, 0.4) is 0 Å². The number of rotatable bonds is 5. The van der Waals surface area contributed by atoms with Gasteiger partial charge in [-0.2, -0.15) is 0 Å². The molecule has 0 fully saturated rings. The van der Waals surface area contributed by atoms with Crippen LogP contribution in [-0.4, -0.2) is 20.9 Å². The molecule has 0 saturated heterocycles. The molecule has 26 heavy (non-hydrogen) atoms. The Labute approximate surface area is 159 Å². The van der Waals surface area contributed by atoms with Crippen molar-refractivity contribution in [1.82, 2.24) is 4.72 Å². The van der Waals surface area contributed by atoms with Crippen LogP contribution in [-0.2, 0) is 20.2 Å². The molecule has 2 aromatic rings. The fourth-order valence-corrected chi connectivity index (χ4v) is 3.47. The molecule has 0 aliphatic heterocycles. The molecule has 0 aliphatic carbocycles. The van der Waals surface area contributed by atoms with Gasteiger partial charge in [-0.15, -0.1) is 0 Å². The maximum absolute atomic E-state index is 12.4. The predicted molar refractivity (Wildman–Crippen MR) is 105 cm³/mol. The zero-order valence-corrected chi connectivity index (χ0v) is 16.8. The molecule has 0 aromatic heterocycles. The number of amides is 1. The van der Waals surface area contributed by atoms with E-state index < -0.39 is 15.9 Å². The Bertz CT molecular complexity index is 901. The Kier molecular flexibility index (Phi) is 6.11. The minimum Gasteiger partial charge on any atom is -0.325 e. The maximum atomic E-state index is 12.4. The van der Waals surface area contributed by atoms with E-state index in [9.17, 15) is 13.2 Å². The van der Waals surface area contributed by atoms with Gasteiger partial charge in [0.25, 0.3) is 0 Å². The summed E-state index contributed by atoms with van der Waals surface area (Å²) < 4.78 is 27.0. The first-order valence-corrected chi connectivity index (χ1v) is 10.0. The maximum Gasteiger partial charge on any atom is 0.241 e. The predicted octanol–water partition coefficient (Wildman–Crippen LogP) is 3.86. The van der Waals surface area contributed by atoms with Gasteiger partial charge in [0.2, 0.25) is 15.9 Å². The van der Waals surface area contributed by atoms with Gasteiger partial charge < -0.3 is 5.32 Å². The van der Waals surface area contributed by atoms with Gasteiger partial charge in [0, 0.05) is 10.7 Å². The Morgan fingerprint density at radius 3 is 2.27 bits per heavy atom. The quantitative estimate of drug-likeness (QED) is 0.808. The first-order valence-electron chi connectivity index (χ1n) is 8.16. The SMILES string of the molecule is Cc1c(Cl)cccc1NC(=O)CNS(=O)(=O)c1ccc(C(C)(C)C)cc1. The minimum absolute atomic E-state index is 0.0651. The highest BCUT2D eigenvalue weighted by Crippen LogP contribution is 2.24. The highest BCUT2D eigenvalue weighted by Gasteiger charge is 2.18. The van der Waals surface area contributed by atoms with Crippen molar-refractivity contribution in [3.05, 3.63) is 58.6 Å². The second kappa shape index (κ2) is 7.78. The third-order valence-corrected chi connectivity index (χ3v) is 5.82. The Morgan fingerprint density at radius 2 is 1.69 bits per heavy atom. The van der Waals surface area contributed by atoms with Crippen molar-refractivity contribution in [1.29, 1.82) is 0 Å². The first kappa shape index (κ1) is 20.4. The second-order valence-electron chi connectivity index (χ2n) is 7.06. The summed E-state index contributed by atoms with van der Waals surface area (Å²) in [6.07, 6.45) is 0. The summed E-state index contributed by atoms with van der Waals surface area (Å²) in [6, 6.07) is 11.8.